The Morgan fingerprint density at radius 1 is 0.860 bits per heavy atom. The second-order valence-electron chi connectivity index (χ2n) is 10.0. The molecule has 0 unspecified atom stereocenters. The quantitative estimate of drug-likeness (QED) is 0.205. The monoisotopic (exact) mass is 665 g/mol. The van der Waals surface area contributed by atoms with Crippen LogP contribution in [0.1, 0.15) is 23.6 Å². The Morgan fingerprint density at radius 2 is 1.49 bits per heavy atom. The summed E-state index contributed by atoms with van der Waals surface area (Å²) in [6.07, 6.45) is 0.197. The molecule has 0 aromatic heterocycles. The number of carbonyl (C=O) groups is 2. The number of benzene rings is 4. The van der Waals surface area contributed by atoms with Crippen LogP contribution in [0.15, 0.2) is 112 Å². The molecule has 0 bridgehead atoms. The van der Waals surface area contributed by atoms with Crippen LogP contribution in [0.25, 0.3) is 0 Å². The van der Waals surface area contributed by atoms with Crippen LogP contribution in [-0.2, 0) is 32.6 Å². The first kappa shape index (κ1) is 31.9. The van der Waals surface area contributed by atoms with Crippen molar-refractivity contribution in [3.63, 3.8) is 0 Å². The third-order valence-electron chi connectivity index (χ3n) is 6.89. The van der Waals surface area contributed by atoms with Gasteiger partial charge in [0.05, 0.1) is 10.6 Å². The molecule has 10 heteroatoms. The zero-order chi connectivity index (χ0) is 31.0. The van der Waals surface area contributed by atoms with Crippen molar-refractivity contribution in [2.24, 2.45) is 0 Å². The van der Waals surface area contributed by atoms with Crippen molar-refractivity contribution in [3.8, 4) is 0 Å². The number of carbonyl (C=O) groups excluding carboxylic acids is 2. The molecular formula is C33H33BrFN3O4S. The molecular weight excluding hydrogens is 633 g/mol. The molecule has 0 radical (unpaired) electrons. The average Bonchev–Trinajstić information content (AvgIpc) is 3.00. The Morgan fingerprint density at radius 3 is 2.09 bits per heavy atom. The first-order valence-electron chi connectivity index (χ1n) is 13.8. The lowest BCUT2D eigenvalue weighted by Crippen LogP contribution is -2.53. The highest BCUT2D eigenvalue weighted by Crippen LogP contribution is 2.27. The number of rotatable bonds is 12. The predicted octanol–water partition coefficient (Wildman–Crippen LogP) is 5.87. The highest BCUT2D eigenvalue weighted by molar-refractivity contribution is 9.10. The van der Waals surface area contributed by atoms with Gasteiger partial charge in [0.2, 0.25) is 11.8 Å². The van der Waals surface area contributed by atoms with Gasteiger partial charge < -0.3 is 10.2 Å². The van der Waals surface area contributed by atoms with E-state index < -0.39 is 34.3 Å². The van der Waals surface area contributed by atoms with Gasteiger partial charge in [0.1, 0.15) is 18.4 Å². The molecule has 2 amide bonds. The minimum absolute atomic E-state index is 0.0310. The Kier molecular flexibility index (Phi) is 10.7. The number of sulfonamides is 1. The van der Waals surface area contributed by atoms with Crippen molar-refractivity contribution < 1.29 is 22.4 Å². The molecule has 0 aliphatic heterocycles. The topological polar surface area (TPSA) is 86.8 Å². The van der Waals surface area contributed by atoms with Gasteiger partial charge in [-0.1, -0.05) is 76.1 Å². The van der Waals surface area contributed by atoms with E-state index in [1.165, 1.54) is 29.2 Å². The number of nitrogens with one attached hydrogen (secondary N) is 1. The van der Waals surface area contributed by atoms with Crippen LogP contribution in [0, 0.1) is 12.7 Å². The van der Waals surface area contributed by atoms with Crippen LogP contribution in [0.5, 0.6) is 0 Å². The Balaban J connectivity index is 1.78. The van der Waals surface area contributed by atoms with Gasteiger partial charge in [0, 0.05) is 24.0 Å². The van der Waals surface area contributed by atoms with E-state index in [2.05, 4.69) is 21.2 Å². The van der Waals surface area contributed by atoms with Crippen molar-refractivity contribution in [2.45, 2.75) is 37.8 Å². The SMILES string of the molecule is CCNC(=O)[C@H](Cc1ccccc1)N(Cc1ccc(F)cc1)C(=O)CN(c1ccc(Br)cc1)S(=O)(=O)c1ccc(C)cc1. The van der Waals surface area contributed by atoms with E-state index in [0.717, 1.165) is 19.9 Å². The first-order chi connectivity index (χ1) is 20.6. The van der Waals surface area contributed by atoms with Crippen LogP contribution in [0.4, 0.5) is 10.1 Å². The van der Waals surface area contributed by atoms with Gasteiger partial charge in [0.25, 0.3) is 10.0 Å². The molecule has 0 fully saturated rings. The number of likely N-dealkylation sites (N-methyl/N-ethyl adjacent to an activating group) is 1. The van der Waals surface area contributed by atoms with Crippen LogP contribution in [0.2, 0.25) is 0 Å². The molecule has 0 aliphatic rings. The molecule has 1 atom stereocenters. The summed E-state index contributed by atoms with van der Waals surface area (Å²) in [6.45, 7) is 3.38. The van der Waals surface area contributed by atoms with E-state index in [1.54, 1.807) is 55.5 Å². The van der Waals surface area contributed by atoms with E-state index in [1.807, 2.05) is 37.3 Å². The highest BCUT2D eigenvalue weighted by atomic mass is 79.9. The van der Waals surface area contributed by atoms with Gasteiger partial charge in [-0.25, -0.2) is 12.8 Å². The van der Waals surface area contributed by atoms with Gasteiger partial charge in [0.15, 0.2) is 0 Å². The van der Waals surface area contributed by atoms with Crippen LogP contribution >= 0.6 is 15.9 Å². The number of aryl methyl sites for hydroxylation is 1. The van der Waals surface area contributed by atoms with E-state index in [0.29, 0.717) is 12.1 Å². The molecule has 0 aliphatic carbocycles. The van der Waals surface area contributed by atoms with E-state index in [9.17, 15) is 22.4 Å². The van der Waals surface area contributed by atoms with Gasteiger partial charge in [-0.3, -0.25) is 13.9 Å². The maximum absolute atomic E-state index is 14.3. The second-order valence-corrected chi connectivity index (χ2v) is 12.8. The molecule has 4 aromatic carbocycles. The Hall–Kier alpha value is -4.02. The van der Waals surface area contributed by atoms with Gasteiger partial charge in [-0.05, 0) is 73.5 Å². The number of nitrogens with zero attached hydrogens (tertiary/aromatic N) is 2. The van der Waals surface area contributed by atoms with Crippen molar-refractivity contribution in [1.82, 2.24) is 10.2 Å². The number of amides is 2. The summed E-state index contributed by atoms with van der Waals surface area (Å²) in [7, 11) is -4.19. The Labute approximate surface area is 260 Å². The summed E-state index contributed by atoms with van der Waals surface area (Å²) >= 11 is 3.38. The summed E-state index contributed by atoms with van der Waals surface area (Å²) in [5, 5.41) is 2.82. The number of hydrogen-bond acceptors (Lipinski definition) is 4. The van der Waals surface area contributed by atoms with E-state index in [-0.39, 0.29) is 29.5 Å². The van der Waals surface area contributed by atoms with Crippen molar-refractivity contribution in [2.75, 3.05) is 17.4 Å². The fourth-order valence-electron chi connectivity index (χ4n) is 4.61. The molecule has 224 valence electrons. The third-order valence-corrected chi connectivity index (χ3v) is 9.21. The van der Waals surface area contributed by atoms with Gasteiger partial charge in [-0.2, -0.15) is 0 Å². The average molecular weight is 667 g/mol. The molecule has 43 heavy (non-hydrogen) atoms. The lowest BCUT2D eigenvalue weighted by Gasteiger charge is -2.33. The normalized spacial score (nSPS) is 11.9. The molecule has 0 saturated heterocycles. The fraction of sp³-hybridized carbons (Fsp3) is 0.212. The summed E-state index contributed by atoms with van der Waals surface area (Å²) in [5.74, 6) is -1.40. The molecule has 4 rings (SSSR count). The molecule has 7 nitrogen and oxygen atoms in total. The summed E-state index contributed by atoms with van der Waals surface area (Å²) < 4.78 is 43.5. The summed E-state index contributed by atoms with van der Waals surface area (Å²) in [5.41, 5.74) is 2.60. The zero-order valence-electron chi connectivity index (χ0n) is 23.9. The van der Waals surface area contributed by atoms with Gasteiger partial charge >= 0.3 is 0 Å². The second kappa shape index (κ2) is 14.4. The fourth-order valence-corrected chi connectivity index (χ4v) is 6.28. The summed E-state index contributed by atoms with van der Waals surface area (Å²) in [6, 6.07) is 27.0. The number of halogens is 2. The molecule has 0 heterocycles. The molecule has 0 spiro atoms. The van der Waals surface area contributed by atoms with Crippen LogP contribution in [-0.4, -0.2) is 44.3 Å². The first-order valence-corrected chi connectivity index (χ1v) is 16.0. The van der Waals surface area contributed by atoms with Crippen molar-refractivity contribution >= 4 is 43.5 Å². The van der Waals surface area contributed by atoms with Crippen molar-refractivity contribution in [1.29, 1.82) is 0 Å². The zero-order valence-corrected chi connectivity index (χ0v) is 26.3. The molecule has 0 saturated carbocycles. The minimum Gasteiger partial charge on any atom is -0.355 e. The summed E-state index contributed by atoms with van der Waals surface area (Å²) in [4.78, 5) is 29.2. The highest BCUT2D eigenvalue weighted by Gasteiger charge is 2.34. The smallest absolute Gasteiger partial charge is 0.264 e. The third kappa shape index (κ3) is 8.30. The van der Waals surface area contributed by atoms with Gasteiger partial charge in [-0.15, -0.1) is 0 Å². The lowest BCUT2D eigenvalue weighted by atomic mass is 10.0. The molecule has 4 aromatic rings. The lowest BCUT2D eigenvalue weighted by molar-refractivity contribution is -0.140. The number of anilines is 1. The van der Waals surface area contributed by atoms with E-state index in [4.69, 9.17) is 0 Å². The van der Waals surface area contributed by atoms with Crippen molar-refractivity contribution in [3.05, 3.63) is 130 Å². The van der Waals surface area contributed by atoms with Crippen LogP contribution < -0.4 is 9.62 Å². The maximum Gasteiger partial charge on any atom is 0.264 e. The standard InChI is InChI=1S/C33H33BrFN3O4S/c1-3-36-33(40)31(21-25-7-5-4-6-8-25)37(22-26-11-15-28(35)16-12-26)32(39)23-38(29-17-13-27(34)14-18-29)43(41,42)30-19-9-24(2)10-20-30/h4-20,31H,3,21-23H2,1-2H3,(H,36,40)/t31-/m0/s1. The Bertz CT molecular complexity index is 1630. The maximum atomic E-state index is 14.3. The van der Waals surface area contributed by atoms with Crippen LogP contribution in [0.3, 0.4) is 0 Å². The number of hydrogen-bond donors (Lipinski definition) is 1. The largest absolute Gasteiger partial charge is 0.355 e. The predicted molar refractivity (Wildman–Crippen MR) is 169 cm³/mol. The molecule has 1 N–H and O–H groups in total. The van der Waals surface area contributed by atoms with E-state index >= 15 is 0 Å². The minimum atomic E-state index is -4.19.